The molecule has 0 radical (unpaired) electrons. The molecule has 2 fully saturated rings. The van der Waals surface area contributed by atoms with Crippen molar-refractivity contribution < 1.29 is 19.1 Å². The maximum atomic E-state index is 12.5. The van der Waals surface area contributed by atoms with Crippen molar-refractivity contribution in [2.75, 3.05) is 13.7 Å². The van der Waals surface area contributed by atoms with Crippen LogP contribution in [0.2, 0.25) is 0 Å². The van der Waals surface area contributed by atoms with Crippen LogP contribution < -0.4 is 4.74 Å². The average molecular weight is 327 g/mol. The second-order valence-corrected chi connectivity index (χ2v) is 7.77. The summed E-state index contributed by atoms with van der Waals surface area (Å²) in [6.45, 7) is 6.14. The van der Waals surface area contributed by atoms with Crippen LogP contribution in [0.15, 0.2) is 30.0 Å². The predicted molar refractivity (Wildman–Crippen MR) is 88.1 cm³/mol. The fourth-order valence-electron chi connectivity index (χ4n) is 4.02. The fourth-order valence-corrected chi connectivity index (χ4v) is 4.02. The van der Waals surface area contributed by atoms with E-state index in [1.54, 1.807) is 18.1 Å². The fraction of sp³-hybridized carbons (Fsp3) is 0.474. The van der Waals surface area contributed by atoms with Gasteiger partial charge in [0.15, 0.2) is 5.78 Å². The summed E-state index contributed by atoms with van der Waals surface area (Å²) in [5.41, 5.74) is 1.70. The Kier molecular flexibility index (Phi) is 2.93. The highest BCUT2D eigenvalue weighted by Crippen LogP contribution is 2.66. The number of rotatable bonds is 1. The van der Waals surface area contributed by atoms with Gasteiger partial charge in [-0.25, -0.2) is 4.79 Å². The Hall–Kier alpha value is -2.30. The summed E-state index contributed by atoms with van der Waals surface area (Å²) < 4.78 is 10.8. The zero-order valence-electron chi connectivity index (χ0n) is 14.4. The van der Waals surface area contributed by atoms with Gasteiger partial charge in [0.1, 0.15) is 11.4 Å². The summed E-state index contributed by atoms with van der Waals surface area (Å²) >= 11 is 0. The third kappa shape index (κ3) is 2.00. The first-order chi connectivity index (χ1) is 11.3. The SMILES string of the molecule is COc1ccc2c(c1)[C@@]13C[C@@H]1CN(C(=O)OC(C)(C)C)C3=CC2=O. The Morgan fingerprint density at radius 2 is 2.08 bits per heavy atom. The Bertz CT molecular complexity index is 789. The van der Waals surface area contributed by atoms with Gasteiger partial charge in [-0.05, 0) is 56.9 Å². The summed E-state index contributed by atoms with van der Waals surface area (Å²) in [6.07, 6.45) is 2.21. The van der Waals surface area contributed by atoms with E-state index >= 15 is 0 Å². The molecular formula is C19H21NO4. The van der Waals surface area contributed by atoms with E-state index in [2.05, 4.69) is 0 Å². The molecule has 0 aromatic heterocycles. The quantitative estimate of drug-likeness (QED) is 0.794. The minimum atomic E-state index is -0.558. The number of carbonyl (C=O) groups is 2. The Morgan fingerprint density at radius 1 is 1.33 bits per heavy atom. The lowest BCUT2D eigenvalue weighted by atomic mass is 9.81. The molecule has 0 unspecified atom stereocenters. The van der Waals surface area contributed by atoms with E-state index in [4.69, 9.17) is 9.47 Å². The topological polar surface area (TPSA) is 55.8 Å². The molecule has 1 aromatic carbocycles. The molecular weight excluding hydrogens is 306 g/mol. The van der Waals surface area contributed by atoms with Gasteiger partial charge in [-0.1, -0.05) is 0 Å². The van der Waals surface area contributed by atoms with E-state index in [0.29, 0.717) is 18.0 Å². The number of nitrogens with zero attached hydrogens (tertiary/aromatic N) is 1. The van der Waals surface area contributed by atoms with Gasteiger partial charge < -0.3 is 9.47 Å². The summed E-state index contributed by atoms with van der Waals surface area (Å²) in [4.78, 5) is 26.7. The molecule has 24 heavy (non-hydrogen) atoms. The molecule has 2 atom stereocenters. The first-order valence-corrected chi connectivity index (χ1v) is 8.22. The molecule has 1 amide bonds. The van der Waals surface area contributed by atoms with E-state index < -0.39 is 5.60 Å². The van der Waals surface area contributed by atoms with Crippen LogP contribution in [-0.4, -0.2) is 36.0 Å². The summed E-state index contributed by atoms with van der Waals surface area (Å²) in [5, 5.41) is 0. The number of ether oxygens (including phenoxy) is 2. The number of methoxy groups -OCH3 is 1. The number of allylic oxidation sites excluding steroid dienone is 2. The van der Waals surface area contributed by atoms with Crippen LogP contribution in [-0.2, 0) is 10.2 Å². The highest BCUT2D eigenvalue weighted by molar-refractivity contribution is 6.09. The molecule has 0 N–H and O–H groups in total. The third-order valence-electron chi connectivity index (χ3n) is 5.11. The lowest BCUT2D eigenvalue weighted by Gasteiger charge is -2.31. The zero-order valence-corrected chi connectivity index (χ0v) is 14.4. The van der Waals surface area contributed by atoms with Gasteiger partial charge in [0.25, 0.3) is 0 Å². The maximum absolute atomic E-state index is 12.5. The van der Waals surface area contributed by atoms with E-state index in [-0.39, 0.29) is 17.3 Å². The van der Waals surface area contributed by atoms with E-state index in [1.807, 2.05) is 39.0 Å². The number of hydrogen-bond donors (Lipinski definition) is 0. The van der Waals surface area contributed by atoms with E-state index in [0.717, 1.165) is 23.4 Å². The van der Waals surface area contributed by atoms with Crippen LogP contribution in [0.3, 0.4) is 0 Å². The minimum absolute atomic E-state index is 0.0608. The average Bonchev–Trinajstić information content (AvgIpc) is 3.13. The molecule has 1 spiro atoms. The molecule has 0 bridgehead atoms. The van der Waals surface area contributed by atoms with Crippen molar-refractivity contribution in [3.8, 4) is 5.75 Å². The second kappa shape index (κ2) is 4.62. The molecule has 126 valence electrons. The zero-order chi connectivity index (χ0) is 17.3. The van der Waals surface area contributed by atoms with Gasteiger partial charge in [0, 0.05) is 29.3 Å². The van der Waals surface area contributed by atoms with Gasteiger partial charge in [-0.15, -0.1) is 0 Å². The molecule has 1 saturated heterocycles. The lowest BCUT2D eigenvalue weighted by molar-refractivity contribution is 0.0322. The molecule has 1 aliphatic heterocycles. The lowest BCUT2D eigenvalue weighted by Crippen LogP contribution is -2.37. The molecule has 4 rings (SSSR count). The van der Waals surface area contributed by atoms with Crippen LogP contribution in [0.5, 0.6) is 5.75 Å². The highest BCUT2D eigenvalue weighted by atomic mass is 16.6. The minimum Gasteiger partial charge on any atom is -0.497 e. The maximum Gasteiger partial charge on any atom is 0.414 e. The predicted octanol–water partition coefficient (Wildman–Crippen LogP) is 3.28. The van der Waals surface area contributed by atoms with Crippen molar-refractivity contribution in [1.82, 2.24) is 4.90 Å². The Balaban J connectivity index is 1.75. The van der Waals surface area contributed by atoms with Crippen LogP contribution in [0.1, 0.15) is 43.1 Å². The first kappa shape index (κ1) is 15.2. The Labute approximate surface area is 141 Å². The second-order valence-electron chi connectivity index (χ2n) is 7.77. The van der Waals surface area contributed by atoms with Crippen molar-refractivity contribution in [1.29, 1.82) is 0 Å². The molecule has 1 heterocycles. The van der Waals surface area contributed by atoms with E-state index in [9.17, 15) is 9.59 Å². The highest BCUT2D eigenvalue weighted by Gasteiger charge is 2.67. The van der Waals surface area contributed by atoms with Gasteiger partial charge >= 0.3 is 6.09 Å². The smallest absolute Gasteiger partial charge is 0.414 e. The van der Waals surface area contributed by atoms with Crippen molar-refractivity contribution in [3.05, 3.63) is 41.1 Å². The summed E-state index contributed by atoms with van der Waals surface area (Å²) in [6, 6.07) is 5.58. The number of ketones is 1. The number of carbonyl (C=O) groups excluding carboxylic acids is 2. The first-order valence-electron chi connectivity index (χ1n) is 8.22. The van der Waals surface area contributed by atoms with Crippen LogP contribution >= 0.6 is 0 Å². The molecule has 5 nitrogen and oxygen atoms in total. The largest absolute Gasteiger partial charge is 0.497 e. The summed E-state index contributed by atoms with van der Waals surface area (Å²) in [5.74, 6) is 1.02. The van der Waals surface area contributed by atoms with Crippen LogP contribution in [0.25, 0.3) is 0 Å². The Morgan fingerprint density at radius 3 is 2.75 bits per heavy atom. The number of amides is 1. The van der Waals surface area contributed by atoms with Crippen molar-refractivity contribution in [3.63, 3.8) is 0 Å². The van der Waals surface area contributed by atoms with Crippen LogP contribution in [0, 0.1) is 5.92 Å². The number of benzene rings is 1. The summed E-state index contributed by atoms with van der Waals surface area (Å²) in [7, 11) is 1.62. The number of hydrogen-bond acceptors (Lipinski definition) is 4. The van der Waals surface area contributed by atoms with E-state index in [1.165, 1.54) is 0 Å². The van der Waals surface area contributed by atoms with Gasteiger partial charge in [-0.3, -0.25) is 9.69 Å². The number of likely N-dealkylation sites (tertiary alicyclic amines) is 1. The van der Waals surface area contributed by atoms with Crippen LogP contribution in [0.4, 0.5) is 4.79 Å². The molecule has 2 aliphatic carbocycles. The van der Waals surface area contributed by atoms with Gasteiger partial charge in [-0.2, -0.15) is 0 Å². The standard InChI is InChI=1S/C19H21NO4/c1-18(2,3)24-17(22)20-10-11-9-19(11)14-7-12(23-4)5-6-13(14)15(21)8-16(19)20/h5-8,11H,9-10H2,1-4H3/t11-,19-/m1/s1. The number of fused-ring (bicyclic) bond motifs is 1. The monoisotopic (exact) mass is 327 g/mol. The van der Waals surface area contributed by atoms with Crippen molar-refractivity contribution >= 4 is 11.9 Å². The molecule has 1 saturated carbocycles. The molecule has 5 heteroatoms. The molecule has 1 aromatic rings. The van der Waals surface area contributed by atoms with Gasteiger partial charge in [0.05, 0.1) is 7.11 Å². The van der Waals surface area contributed by atoms with Crippen molar-refractivity contribution in [2.24, 2.45) is 5.92 Å². The third-order valence-corrected chi connectivity index (χ3v) is 5.11. The number of piperidine rings is 1. The van der Waals surface area contributed by atoms with Crippen molar-refractivity contribution in [2.45, 2.75) is 38.2 Å². The van der Waals surface area contributed by atoms with Gasteiger partial charge in [0.2, 0.25) is 0 Å². The molecule has 3 aliphatic rings. The normalized spacial score (nSPS) is 27.0.